The molecule has 5 heteroatoms. The zero-order valence-corrected chi connectivity index (χ0v) is 13.8. The third-order valence-corrected chi connectivity index (χ3v) is 4.59. The first-order valence-electron chi connectivity index (χ1n) is 6.44. The van der Waals surface area contributed by atoms with E-state index in [0.29, 0.717) is 16.6 Å². The molecule has 108 valence electrons. The zero-order valence-electron chi connectivity index (χ0n) is 11.5. The molecule has 1 rings (SSSR count). The van der Waals surface area contributed by atoms with Gasteiger partial charge in [0.15, 0.2) is 0 Å². The van der Waals surface area contributed by atoms with Crippen LogP contribution in [-0.2, 0) is 0 Å². The monoisotopic (exact) mass is 323 g/mol. The second-order valence-corrected chi connectivity index (χ2v) is 6.71. The van der Waals surface area contributed by atoms with Gasteiger partial charge in [0.2, 0.25) is 0 Å². The van der Waals surface area contributed by atoms with Crippen molar-refractivity contribution < 1.29 is 4.39 Å². The molecule has 0 heterocycles. The molecule has 0 spiro atoms. The van der Waals surface area contributed by atoms with Crippen LogP contribution in [0.5, 0.6) is 0 Å². The van der Waals surface area contributed by atoms with Crippen molar-refractivity contribution in [2.24, 2.45) is 0 Å². The average molecular weight is 324 g/mol. The lowest BCUT2D eigenvalue weighted by Gasteiger charge is -2.22. The Hall–Kier alpha value is 0.0400. The van der Waals surface area contributed by atoms with E-state index in [1.165, 1.54) is 6.07 Å². The molecule has 0 aliphatic carbocycles. The van der Waals surface area contributed by atoms with Gasteiger partial charge >= 0.3 is 0 Å². The molecular formula is C14H20Cl2FNS. The van der Waals surface area contributed by atoms with Gasteiger partial charge < -0.3 is 5.32 Å². The van der Waals surface area contributed by atoms with Crippen molar-refractivity contribution >= 4 is 35.0 Å². The zero-order chi connectivity index (χ0) is 14.4. The van der Waals surface area contributed by atoms with E-state index >= 15 is 0 Å². The van der Waals surface area contributed by atoms with Gasteiger partial charge in [-0.2, -0.15) is 11.8 Å². The van der Waals surface area contributed by atoms with E-state index in [1.807, 2.05) is 18.7 Å². The molecule has 0 bridgehead atoms. The highest BCUT2D eigenvalue weighted by Crippen LogP contribution is 2.32. The van der Waals surface area contributed by atoms with E-state index in [0.717, 1.165) is 17.9 Å². The van der Waals surface area contributed by atoms with Crippen LogP contribution in [0.15, 0.2) is 12.1 Å². The minimum atomic E-state index is -0.427. The summed E-state index contributed by atoms with van der Waals surface area (Å²) in [5.41, 5.74) is 0.637. The van der Waals surface area contributed by atoms with E-state index in [1.54, 1.807) is 6.07 Å². The molecule has 1 N–H and O–H groups in total. The van der Waals surface area contributed by atoms with Gasteiger partial charge in [-0.3, -0.25) is 0 Å². The number of thioether (sulfide) groups is 1. The van der Waals surface area contributed by atoms with Crippen molar-refractivity contribution in [1.82, 2.24) is 5.32 Å². The molecule has 0 aromatic heterocycles. The smallest absolute Gasteiger partial charge is 0.142 e. The minimum Gasteiger partial charge on any atom is -0.308 e. The summed E-state index contributed by atoms with van der Waals surface area (Å²) in [6, 6.07) is 3.11. The van der Waals surface area contributed by atoms with Crippen molar-refractivity contribution in [2.75, 3.05) is 11.5 Å². The third-order valence-electron chi connectivity index (χ3n) is 2.95. The molecule has 2 atom stereocenters. The van der Waals surface area contributed by atoms with Crippen molar-refractivity contribution in [1.29, 1.82) is 0 Å². The van der Waals surface area contributed by atoms with Crippen LogP contribution in [0.2, 0.25) is 10.0 Å². The van der Waals surface area contributed by atoms with Crippen LogP contribution < -0.4 is 5.32 Å². The second kappa shape index (κ2) is 8.35. The molecule has 1 aromatic rings. The first-order chi connectivity index (χ1) is 8.97. The molecule has 0 aliphatic rings. The molecule has 0 amide bonds. The summed E-state index contributed by atoms with van der Waals surface area (Å²) in [5.74, 6) is 1.81. The van der Waals surface area contributed by atoms with Gasteiger partial charge in [-0.1, -0.05) is 30.1 Å². The van der Waals surface area contributed by atoms with Crippen LogP contribution >= 0.6 is 35.0 Å². The number of halogens is 3. The standard InChI is InChI=1S/C14H20Cl2FNS/c1-4-19-8-7-9(2)18-10(3)13-11(15)5-6-12(17)14(13)16/h5-6,9-10,18H,4,7-8H2,1-3H3. The Labute approximate surface area is 129 Å². The number of rotatable bonds is 7. The van der Waals surface area contributed by atoms with Gasteiger partial charge in [0.25, 0.3) is 0 Å². The summed E-state index contributed by atoms with van der Waals surface area (Å²) < 4.78 is 13.5. The lowest BCUT2D eigenvalue weighted by Crippen LogP contribution is -2.29. The van der Waals surface area contributed by atoms with Crippen molar-refractivity contribution in [3.8, 4) is 0 Å². The fourth-order valence-corrected chi connectivity index (χ4v) is 3.44. The first-order valence-corrected chi connectivity index (χ1v) is 8.35. The number of hydrogen-bond acceptors (Lipinski definition) is 2. The number of benzene rings is 1. The Morgan fingerprint density at radius 2 is 2.00 bits per heavy atom. The Bertz CT molecular complexity index is 415. The highest BCUT2D eigenvalue weighted by atomic mass is 35.5. The highest BCUT2D eigenvalue weighted by Gasteiger charge is 2.18. The van der Waals surface area contributed by atoms with Crippen molar-refractivity contribution in [3.05, 3.63) is 33.6 Å². The van der Waals surface area contributed by atoms with E-state index in [9.17, 15) is 4.39 Å². The fourth-order valence-electron chi connectivity index (χ4n) is 1.94. The quantitative estimate of drug-likeness (QED) is 0.538. The maximum atomic E-state index is 13.5. The van der Waals surface area contributed by atoms with Crippen LogP contribution in [0.4, 0.5) is 4.39 Å². The molecule has 0 saturated heterocycles. The predicted molar refractivity (Wildman–Crippen MR) is 85.0 cm³/mol. The highest BCUT2D eigenvalue weighted by molar-refractivity contribution is 7.99. The maximum absolute atomic E-state index is 13.5. The Balaban J connectivity index is 2.67. The van der Waals surface area contributed by atoms with Crippen LogP contribution in [-0.4, -0.2) is 17.5 Å². The topological polar surface area (TPSA) is 12.0 Å². The summed E-state index contributed by atoms with van der Waals surface area (Å²) in [6.45, 7) is 6.22. The SMILES string of the molecule is CCSCCC(C)NC(C)c1c(Cl)ccc(F)c1Cl. The molecule has 0 aliphatic heterocycles. The largest absolute Gasteiger partial charge is 0.308 e. The average Bonchev–Trinajstić information content (AvgIpc) is 2.34. The summed E-state index contributed by atoms with van der Waals surface area (Å²) in [5, 5.41) is 4.03. The molecule has 0 radical (unpaired) electrons. The van der Waals surface area contributed by atoms with Crippen LogP contribution in [0.25, 0.3) is 0 Å². The Morgan fingerprint density at radius 1 is 1.32 bits per heavy atom. The fraction of sp³-hybridized carbons (Fsp3) is 0.571. The summed E-state index contributed by atoms with van der Waals surface area (Å²) in [6.07, 6.45) is 1.06. The van der Waals surface area contributed by atoms with Crippen molar-refractivity contribution in [3.63, 3.8) is 0 Å². The minimum absolute atomic E-state index is 0.0719. The van der Waals surface area contributed by atoms with Crippen molar-refractivity contribution in [2.45, 2.75) is 39.3 Å². The van der Waals surface area contributed by atoms with Gasteiger partial charge in [-0.25, -0.2) is 4.39 Å². The lowest BCUT2D eigenvalue weighted by atomic mass is 10.1. The molecule has 0 saturated carbocycles. The summed E-state index contributed by atoms with van der Waals surface area (Å²) >= 11 is 14.0. The van der Waals surface area contributed by atoms with E-state index < -0.39 is 5.82 Å². The predicted octanol–water partition coefficient (Wildman–Crippen LogP) is 5.31. The van der Waals surface area contributed by atoms with E-state index in [4.69, 9.17) is 23.2 Å². The summed E-state index contributed by atoms with van der Waals surface area (Å²) in [7, 11) is 0. The van der Waals surface area contributed by atoms with Crippen LogP contribution in [0.1, 0.15) is 38.8 Å². The van der Waals surface area contributed by atoms with E-state index in [2.05, 4.69) is 19.2 Å². The molecule has 19 heavy (non-hydrogen) atoms. The normalized spacial score (nSPS) is 14.4. The molecule has 2 unspecified atom stereocenters. The second-order valence-electron chi connectivity index (χ2n) is 4.53. The molecular weight excluding hydrogens is 304 g/mol. The Kier molecular flexibility index (Phi) is 7.52. The first kappa shape index (κ1) is 17.1. The number of hydrogen-bond donors (Lipinski definition) is 1. The van der Waals surface area contributed by atoms with Gasteiger partial charge in [0, 0.05) is 22.7 Å². The molecule has 0 fully saturated rings. The Morgan fingerprint density at radius 3 is 2.63 bits per heavy atom. The van der Waals surface area contributed by atoms with Gasteiger partial charge in [-0.05, 0) is 43.9 Å². The molecule has 1 aromatic carbocycles. The summed E-state index contributed by atoms with van der Waals surface area (Å²) in [4.78, 5) is 0. The molecule has 1 nitrogen and oxygen atoms in total. The van der Waals surface area contributed by atoms with Gasteiger partial charge in [0.05, 0.1) is 5.02 Å². The van der Waals surface area contributed by atoms with Gasteiger partial charge in [0.1, 0.15) is 5.82 Å². The third kappa shape index (κ3) is 5.14. The maximum Gasteiger partial charge on any atom is 0.142 e. The van der Waals surface area contributed by atoms with Crippen LogP contribution in [0.3, 0.4) is 0 Å². The van der Waals surface area contributed by atoms with Crippen LogP contribution in [0, 0.1) is 5.82 Å². The number of nitrogens with one attached hydrogen (secondary N) is 1. The van der Waals surface area contributed by atoms with Gasteiger partial charge in [-0.15, -0.1) is 0 Å². The van der Waals surface area contributed by atoms with E-state index in [-0.39, 0.29) is 11.1 Å². The lowest BCUT2D eigenvalue weighted by molar-refractivity contribution is 0.470.